The lowest BCUT2D eigenvalue weighted by Crippen LogP contribution is -2.46. The quantitative estimate of drug-likeness (QED) is 0.843. The molecule has 0 radical (unpaired) electrons. The lowest BCUT2D eigenvalue weighted by Gasteiger charge is -2.19. The van der Waals surface area contributed by atoms with Gasteiger partial charge < -0.3 is 5.32 Å². The van der Waals surface area contributed by atoms with Crippen LogP contribution in [0.2, 0.25) is 0 Å². The van der Waals surface area contributed by atoms with E-state index in [4.69, 9.17) is 5.26 Å². The Hall–Kier alpha value is -2.07. The lowest BCUT2D eigenvalue weighted by atomic mass is 9.99. The topological polar surface area (TPSA) is 73.2 Å². The first kappa shape index (κ1) is 13.9. The zero-order valence-electron chi connectivity index (χ0n) is 11.1. The third kappa shape index (κ3) is 2.25. The molecule has 3 amide bonds. The van der Waals surface area contributed by atoms with E-state index >= 15 is 0 Å². The first-order valence-corrected chi connectivity index (χ1v) is 7.62. The second-order valence-electron chi connectivity index (χ2n) is 5.12. The third-order valence-electron chi connectivity index (χ3n) is 3.79. The van der Waals surface area contributed by atoms with Gasteiger partial charge in [-0.1, -0.05) is 6.07 Å². The molecule has 1 unspecified atom stereocenters. The molecule has 3 rings (SSSR count). The highest BCUT2D eigenvalue weighted by Crippen LogP contribution is 2.34. The fourth-order valence-corrected chi connectivity index (χ4v) is 3.94. The first-order valence-electron chi connectivity index (χ1n) is 6.46. The molecule has 0 aliphatic carbocycles. The molecule has 0 aromatic heterocycles. The van der Waals surface area contributed by atoms with Crippen LogP contribution >= 0.6 is 11.8 Å². The van der Waals surface area contributed by atoms with Gasteiger partial charge in [0, 0.05) is 5.75 Å². The number of nitrogens with zero attached hydrogens (tertiary/aromatic N) is 2. The number of hydrogen-bond acceptors (Lipinski definition) is 4. The molecule has 1 spiro atoms. The highest BCUT2D eigenvalue weighted by atomic mass is 32.2. The minimum atomic E-state index is -0.797. The molecule has 1 aromatic rings. The van der Waals surface area contributed by atoms with E-state index in [1.807, 2.05) is 6.07 Å². The van der Waals surface area contributed by atoms with E-state index in [9.17, 15) is 14.0 Å². The van der Waals surface area contributed by atoms with Gasteiger partial charge >= 0.3 is 6.03 Å². The summed E-state index contributed by atoms with van der Waals surface area (Å²) in [7, 11) is 0. The molecule has 2 fully saturated rings. The van der Waals surface area contributed by atoms with Gasteiger partial charge in [-0.2, -0.15) is 17.0 Å². The van der Waals surface area contributed by atoms with Gasteiger partial charge in [0.05, 0.1) is 18.2 Å². The lowest BCUT2D eigenvalue weighted by molar-refractivity contribution is -0.130. The molecule has 7 heteroatoms. The molecule has 21 heavy (non-hydrogen) atoms. The van der Waals surface area contributed by atoms with Crippen molar-refractivity contribution in [2.75, 3.05) is 11.5 Å². The summed E-state index contributed by atoms with van der Waals surface area (Å²) in [5, 5.41) is 11.8. The summed E-state index contributed by atoms with van der Waals surface area (Å²) in [6.45, 7) is -0.0136. The van der Waals surface area contributed by atoms with Crippen molar-refractivity contribution < 1.29 is 14.0 Å². The number of urea groups is 1. The van der Waals surface area contributed by atoms with Gasteiger partial charge in [-0.05, 0) is 29.9 Å². The number of benzene rings is 1. The van der Waals surface area contributed by atoms with Gasteiger partial charge in [0.2, 0.25) is 0 Å². The van der Waals surface area contributed by atoms with E-state index in [0.717, 1.165) is 16.7 Å². The Kier molecular flexibility index (Phi) is 3.33. The number of thioether (sulfide) groups is 1. The van der Waals surface area contributed by atoms with E-state index in [-0.39, 0.29) is 18.0 Å². The van der Waals surface area contributed by atoms with Crippen LogP contribution in [0, 0.1) is 17.1 Å². The Bertz CT molecular complexity index is 665. The summed E-state index contributed by atoms with van der Waals surface area (Å²) in [5.74, 6) is 0.629. The van der Waals surface area contributed by atoms with Crippen molar-refractivity contribution in [1.82, 2.24) is 10.2 Å². The van der Waals surface area contributed by atoms with Crippen LogP contribution in [0.4, 0.5) is 9.18 Å². The van der Waals surface area contributed by atoms with Crippen molar-refractivity contribution >= 4 is 23.7 Å². The minimum Gasteiger partial charge on any atom is -0.322 e. The predicted octanol–water partition coefficient (Wildman–Crippen LogP) is 1.62. The summed E-state index contributed by atoms with van der Waals surface area (Å²) in [6, 6.07) is 5.20. The molecule has 2 aliphatic heterocycles. The zero-order chi connectivity index (χ0) is 15.0. The maximum Gasteiger partial charge on any atom is 0.325 e. The van der Waals surface area contributed by atoms with Gasteiger partial charge in [-0.25, -0.2) is 9.18 Å². The number of amides is 3. The monoisotopic (exact) mass is 305 g/mol. The zero-order valence-corrected chi connectivity index (χ0v) is 11.9. The van der Waals surface area contributed by atoms with E-state index in [0.29, 0.717) is 17.7 Å². The number of hydrogen-bond donors (Lipinski definition) is 1. The summed E-state index contributed by atoms with van der Waals surface area (Å²) >= 11 is 1.63. The Labute approximate surface area is 125 Å². The molecule has 2 aliphatic rings. The maximum absolute atomic E-state index is 13.1. The number of nitriles is 1. The highest BCUT2D eigenvalue weighted by molar-refractivity contribution is 7.99. The summed E-state index contributed by atoms with van der Waals surface area (Å²) in [6.07, 6.45) is 0.618. The van der Waals surface area contributed by atoms with Crippen molar-refractivity contribution in [3.63, 3.8) is 0 Å². The fraction of sp³-hybridized carbons (Fsp3) is 0.357. The van der Waals surface area contributed by atoms with E-state index in [1.165, 1.54) is 12.1 Å². The van der Waals surface area contributed by atoms with Crippen LogP contribution in [0.1, 0.15) is 17.5 Å². The van der Waals surface area contributed by atoms with Crippen LogP contribution in [0.5, 0.6) is 0 Å². The smallest absolute Gasteiger partial charge is 0.322 e. The first-order chi connectivity index (χ1) is 10.1. The molecule has 1 atom stereocenters. The summed E-state index contributed by atoms with van der Waals surface area (Å²) in [5.41, 5.74) is -0.198. The van der Waals surface area contributed by atoms with E-state index in [1.54, 1.807) is 11.8 Å². The number of imide groups is 1. The van der Waals surface area contributed by atoms with Crippen LogP contribution in [-0.4, -0.2) is 33.9 Å². The molecule has 0 bridgehead atoms. The molecule has 1 aromatic carbocycles. The largest absolute Gasteiger partial charge is 0.325 e. The second-order valence-corrected chi connectivity index (χ2v) is 6.22. The van der Waals surface area contributed by atoms with Crippen LogP contribution in [-0.2, 0) is 11.3 Å². The molecular weight excluding hydrogens is 293 g/mol. The molecule has 1 N–H and O–H groups in total. The highest BCUT2D eigenvalue weighted by Gasteiger charge is 2.52. The molecule has 5 nitrogen and oxygen atoms in total. The van der Waals surface area contributed by atoms with Gasteiger partial charge in [-0.3, -0.25) is 9.69 Å². The van der Waals surface area contributed by atoms with Gasteiger partial charge in [0.25, 0.3) is 5.91 Å². The van der Waals surface area contributed by atoms with Crippen LogP contribution in [0.25, 0.3) is 0 Å². The SMILES string of the molecule is N#Cc1cc(F)ccc1CN1C(=O)NC2(CCSC2)C1=O. The molecule has 2 saturated heterocycles. The molecule has 108 valence electrons. The van der Waals surface area contributed by atoms with Gasteiger partial charge in [0.1, 0.15) is 11.4 Å². The van der Waals surface area contributed by atoms with Crippen molar-refractivity contribution in [2.45, 2.75) is 18.5 Å². The Morgan fingerprint density at radius 1 is 1.48 bits per heavy atom. The summed E-state index contributed by atoms with van der Waals surface area (Å²) < 4.78 is 13.1. The van der Waals surface area contributed by atoms with Crippen molar-refractivity contribution in [3.8, 4) is 6.07 Å². The maximum atomic E-state index is 13.1. The van der Waals surface area contributed by atoms with Gasteiger partial charge in [0.15, 0.2) is 0 Å². The van der Waals surface area contributed by atoms with Crippen LogP contribution in [0.15, 0.2) is 18.2 Å². The van der Waals surface area contributed by atoms with Crippen LogP contribution < -0.4 is 5.32 Å². The predicted molar refractivity (Wildman–Crippen MR) is 74.9 cm³/mol. The number of carbonyl (C=O) groups is 2. The Balaban J connectivity index is 1.87. The van der Waals surface area contributed by atoms with E-state index < -0.39 is 17.4 Å². The normalized spacial score (nSPS) is 24.5. The number of rotatable bonds is 2. The standard InChI is InChI=1S/C14H12FN3O2S/c15-11-2-1-9(10(5-11)6-16)7-18-12(19)14(17-13(18)20)3-4-21-8-14/h1-2,5H,3-4,7-8H2,(H,17,20). The molecule has 0 saturated carbocycles. The van der Waals surface area contributed by atoms with Crippen molar-refractivity contribution in [1.29, 1.82) is 5.26 Å². The minimum absolute atomic E-state index is 0.0136. The molecule has 2 heterocycles. The Morgan fingerprint density at radius 2 is 2.29 bits per heavy atom. The number of halogens is 1. The summed E-state index contributed by atoms with van der Waals surface area (Å²) in [4.78, 5) is 25.6. The van der Waals surface area contributed by atoms with Crippen molar-refractivity contribution in [3.05, 3.63) is 35.1 Å². The average molecular weight is 305 g/mol. The number of nitrogens with one attached hydrogen (secondary N) is 1. The van der Waals surface area contributed by atoms with Crippen molar-refractivity contribution in [2.24, 2.45) is 0 Å². The van der Waals surface area contributed by atoms with Crippen LogP contribution in [0.3, 0.4) is 0 Å². The van der Waals surface area contributed by atoms with Gasteiger partial charge in [-0.15, -0.1) is 0 Å². The average Bonchev–Trinajstić information content (AvgIpc) is 3.02. The fourth-order valence-electron chi connectivity index (χ4n) is 2.61. The molecular formula is C14H12FN3O2S. The second kappa shape index (κ2) is 5.04. The number of carbonyl (C=O) groups excluding carboxylic acids is 2. The Morgan fingerprint density at radius 3 is 2.95 bits per heavy atom. The third-order valence-corrected chi connectivity index (χ3v) is 4.98. The van der Waals surface area contributed by atoms with E-state index in [2.05, 4.69) is 5.32 Å².